The highest BCUT2D eigenvalue weighted by atomic mass is 79.9. The van der Waals surface area contributed by atoms with Crippen LogP contribution < -0.4 is 11.1 Å². The quantitative estimate of drug-likeness (QED) is 0.834. The molecule has 1 amide bonds. The number of aryl methyl sites for hydroxylation is 2. The highest BCUT2D eigenvalue weighted by molar-refractivity contribution is 9.10. The number of hydrogen-bond acceptors (Lipinski definition) is 3. The molecular weight excluding hydrogens is 306 g/mol. The summed E-state index contributed by atoms with van der Waals surface area (Å²) in [5.74, 6) is 0.296. The Balaban J connectivity index is 2.31. The van der Waals surface area contributed by atoms with Gasteiger partial charge in [-0.25, -0.2) is 4.98 Å². The van der Waals surface area contributed by atoms with E-state index in [0.29, 0.717) is 17.1 Å². The van der Waals surface area contributed by atoms with E-state index in [2.05, 4.69) is 26.2 Å². The highest BCUT2D eigenvalue weighted by Crippen LogP contribution is 2.20. The number of nitrogens with one attached hydrogen (secondary N) is 1. The number of carbonyl (C=O) groups excluding carboxylic acids is 1. The van der Waals surface area contributed by atoms with Gasteiger partial charge in [-0.15, -0.1) is 0 Å². The summed E-state index contributed by atoms with van der Waals surface area (Å²) in [7, 11) is 0. The van der Waals surface area contributed by atoms with Crippen molar-refractivity contribution in [3.63, 3.8) is 0 Å². The number of halogens is 1. The molecule has 98 valence electrons. The van der Waals surface area contributed by atoms with Crippen molar-refractivity contribution >= 4 is 33.3 Å². The van der Waals surface area contributed by atoms with E-state index in [1.54, 1.807) is 12.3 Å². The van der Waals surface area contributed by atoms with Gasteiger partial charge in [0.05, 0.1) is 5.56 Å². The predicted octanol–water partition coefficient (Wildman–Crippen LogP) is 3.30. The van der Waals surface area contributed by atoms with Gasteiger partial charge >= 0.3 is 0 Å². The van der Waals surface area contributed by atoms with Gasteiger partial charge in [-0.1, -0.05) is 12.1 Å². The molecule has 5 heteroatoms. The molecule has 0 aliphatic carbocycles. The normalized spacial score (nSPS) is 10.3. The van der Waals surface area contributed by atoms with Crippen molar-refractivity contribution in [2.45, 2.75) is 13.8 Å². The van der Waals surface area contributed by atoms with E-state index in [0.717, 1.165) is 15.6 Å². The van der Waals surface area contributed by atoms with Gasteiger partial charge in [-0.2, -0.15) is 0 Å². The molecule has 2 rings (SSSR count). The van der Waals surface area contributed by atoms with Crippen LogP contribution >= 0.6 is 15.9 Å². The number of hydrogen-bond donors (Lipinski definition) is 2. The van der Waals surface area contributed by atoms with Crippen molar-refractivity contribution < 1.29 is 4.79 Å². The van der Waals surface area contributed by atoms with E-state index < -0.39 is 0 Å². The van der Waals surface area contributed by atoms with Gasteiger partial charge in [-0.05, 0) is 53.0 Å². The fourth-order valence-corrected chi connectivity index (χ4v) is 2.29. The SMILES string of the molecule is Cc1cc(Br)cnc1NC(=O)c1c(C)cccc1N. The number of nitrogens with two attached hydrogens (primary N) is 1. The van der Waals surface area contributed by atoms with Gasteiger partial charge in [0, 0.05) is 16.4 Å². The van der Waals surface area contributed by atoms with E-state index >= 15 is 0 Å². The van der Waals surface area contributed by atoms with Crippen LogP contribution in [0, 0.1) is 13.8 Å². The average molecular weight is 320 g/mol. The van der Waals surface area contributed by atoms with Crippen molar-refractivity contribution in [1.82, 2.24) is 4.98 Å². The second-order valence-electron chi connectivity index (χ2n) is 4.31. The van der Waals surface area contributed by atoms with Crippen molar-refractivity contribution in [3.05, 3.63) is 51.6 Å². The Hall–Kier alpha value is -1.88. The smallest absolute Gasteiger partial charge is 0.259 e. The first kappa shape index (κ1) is 13.5. The molecule has 2 aromatic rings. The number of benzene rings is 1. The number of amides is 1. The number of aromatic nitrogens is 1. The second-order valence-corrected chi connectivity index (χ2v) is 5.23. The maximum Gasteiger partial charge on any atom is 0.259 e. The van der Waals surface area contributed by atoms with Crippen molar-refractivity contribution in [2.75, 3.05) is 11.1 Å². The molecule has 0 fully saturated rings. The fraction of sp³-hybridized carbons (Fsp3) is 0.143. The van der Waals surface area contributed by atoms with Gasteiger partial charge < -0.3 is 11.1 Å². The lowest BCUT2D eigenvalue weighted by atomic mass is 10.1. The molecule has 0 spiro atoms. The minimum absolute atomic E-state index is 0.242. The Morgan fingerprint density at radius 2 is 2.05 bits per heavy atom. The van der Waals surface area contributed by atoms with E-state index in [-0.39, 0.29) is 5.91 Å². The number of carbonyl (C=O) groups is 1. The zero-order chi connectivity index (χ0) is 14.0. The standard InChI is InChI=1S/C14H14BrN3O/c1-8-4-3-5-11(16)12(8)14(19)18-13-9(2)6-10(15)7-17-13/h3-7H,16H2,1-2H3,(H,17,18,19). The molecule has 1 aromatic heterocycles. The van der Waals surface area contributed by atoms with Crippen LogP contribution in [-0.2, 0) is 0 Å². The summed E-state index contributed by atoms with van der Waals surface area (Å²) in [5, 5.41) is 2.78. The molecule has 1 heterocycles. The van der Waals surface area contributed by atoms with E-state index in [1.807, 2.05) is 32.0 Å². The largest absolute Gasteiger partial charge is 0.398 e. The maximum absolute atomic E-state index is 12.3. The van der Waals surface area contributed by atoms with Gasteiger partial charge in [0.2, 0.25) is 0 Å². The lowest BCUT2D eigenvalue weighted by Gasteiger charge is -2.11. The molecular formula is C14H14BrN3O. The van der Waals surface area contributed by atoms with Crippen molar-refractivity contribution in [3.8, 4) is 0 Å². The van der Waals surface area contributed by atoms with Gasteiger partial charge in [0.25, 0.3) is 5.91 Å². The van der Waals surface area contributed by atoms with Gasteiger partial charge in [0.1, 0.15) is 5.82 Å². The number of anilines is 2. The molecule has 0 saturated heterocycles. The maximum atomic E-state index is 12.3. The fourth-order valence-electron chi connectivity index (χ4n) is 1.84. The molecule has 0 bridgehead atoms. The zero-order valence-corrected chi connectivity index (χ0v) is 12.3. The molecule has 0 unspecified atom stereocenters. The highest BCUT2D eigenvalue weighted by Gasteiger charge is 2.14. The van der Waals surface area contributed by atoms with E-state index in [9.17, 15) is 4.79 Å². The minimum atomic E-state index is -0.242. The molecule has 1 aromatic carbocycles. The van der Waals surface area contributed by atoms with Crippen LogP contribution in [0.3, 0.4) is 0 Å². The van der Waals surface area contributed by atoms with E-state index in [1.165, 1.54) is 0 Å². The molecule has 0 aliphatic heterocycles. The predicted molar refractivity (Wildman–Crippen MR) is 80.2 cm³/mol. The van der Waals surface area contributed by atoms with Gasteiger partial charge in [0.15, 0.2) is 0 Å². The van der Waals surface area contributed by atoms with Crippen LogP contribution in [0.4, 0.5) is 11.5 Å². The van der Waals surface area contributed by atoms with Crippen LogP contribution in [0.15, 0.2) is 34.9 Å². The Bertz CT molecular complexity index is 620. The molecule has 0 radical (unpaired) electrons. The summed E-state index contributed by atoms with van der Waals surface area (Å²) in [6, 6.07) is 7.28. The molecule has 0 atom stereocenters. The Morgan fingerprint density at radius 3 is 2.68 bits per heavy atom. The summed E-state index contributed by atoms with van der Waals surface area (Å²) in [4.78, 5) is 16.4. The monoisotopic (exact) mass is 319 g/mol. The van der Waals surface area contributed by atoms with Crippen LogP contribution in [0.2, 0.25) is 0 Å². The Labute approximate surface area is 120 Å². The van der Waals surface area contributed by atoms with Crippen LogP contribution in [0.5, 0.6) is 0 Å². The average Bonchev–Trinajstić information content (AvgIpc) is 2.32. The number of nitrogen functional groups attached to an aromatic ring is 1. The van der Waals surface area contributed by atoms with Crippen molar-refractivity contribution in [1.29, 1.82) is 0 Å². The summed E-state index contributed by atoms with van der Waals surface area (Å²) < 4.78 is 0.874. The summed E-state index contributed by atoms with van der Waals surface area (Å²) in [6.45, 7) is 3.74. The summed E-state index contributed by atoms with van der Waals surface area (Å²) in [6.07, 6.45) is 1.64. The molecule has 3 N–H and O–H groups in total. The molecule has 4 nitrogen and oxygen atoms in total. The Morgan fingerprint density at radius 1 is 1.32 bits per heavy atom. The molecule has 0 saturated carbocycles. The third-order valence-electron chi connectivity index (χ3n) is 2.81. The van der Waals surface area contributed by atoms with Crippen LogP contribution in [0.25, 0.3) is 0 Å². The third kappa shape index (κ3) is 2.93. The van der Waals surface area contributed by atoms with E-state index in [4.69, 9.17) is 5.73 Å². The Kier molecular flexibility index (Phi) is 3.85. The topological polar surface area (TPSA) is 68.0 Å². The number of rotatable bonds is 2. The minimum Gasteiger partial charge on any atom is -0.398 e. The molecule has 0 aliphatic rings. The van der Waals surface area contributed by atoms with Crippen LogP contribution in [-0.4, -0.2) is 10.9 Å². The number of pyridine rings is 1. The number of nitrogens with zero attached hydrogens (tertiary/aromatic N) is 1. The molecule has 19 heavy (non-hydrogen) atoms. The first-order valence-corrected chi connectivity index (χ1v) is 6.57. The second kappa shape index (κ2) is 5.40. The third-order valence-corrected chi connectivity index (χ3v) is 3.24. The first-order valence-electron chi connectivity index (χ1n) is 5.77. The lowest BCUT2D eigenvalue weighted by molar-refractivity contribution is 0.102. The lowest BCUT2D eigenvalue weighted by Crippen LogP contribution is -2.17. The zero-order valence-electron chi connectivity index (χ0n) is 10.7. The summed E-state index contributed by atoms with van der Waals surface area (Å²) >= 11 is 3.34. The summed E-state index contributed by atoms with van der Waals surface area (Å²) in [5.41, 5.74) is 8.53. The first-order chi connectivity index (χ1) is 8.99. The van der Waals surface area contributed by atoms with Crippen LogP contribution in [0.1, 0.15) is 21.5 Å². The van der Waals surface area contributed by atoms with Crippen molar-refractivity contribution in [2.24, 2.45) is 0 Å². The van der Waals surface area contributed by atoms with Gasteiger partial charge in [-0.3, -0.25) is 4.79 Å².